The van der Waals surface area contributed by atoms with E-state index >= 15 is 0 Å². The van der Waals surface area contributed by atoms with Crippen LogP contribution in [0.15, 0.2) is 64.5 Å². The molecule has 1 amide bonds. The number of nitrogens with two attached hydrogens (primary N) is 2. The van der Waals surface area contributed by atoms with Gasteiger partial charge in [-0.2, -0.15) is 13.2 Å². The largest absolute Gasteiger partial charge is 0.497 e. The molecule has 0 spiro atoms. The van der Waals surface area contributed by atoms with Gasteiger partial charge in [0.1, 0.15) is 17.4 Å². The number of aromatic nitrogens is 1. The van der Waals surface area contributed by atoms with Crippen molar-refractivity contribution in [1.29, 1.82) is 0 Å². The fraction of sp³-hybridized carbons (Fsp3) is 0.269. The molecule has 0 bridgehead atoms. The van der Waals surface area contributed by atoms with Gasteiger partial charge in [0.05, 0.1) is 13.7 Å². The van der Waals surface area contributed by atoms with E-state index < -0.39 is 35.6 Å². The van der Waals surface area contributed by atoms with E-state index in [-0.39, 0.29) is 31.0 Å². The lowest BCUT2D eigenvalue weighted by atomic mass is 10.1. The van der Waals surface area contributed by atoms with Crippen LogP contribution in [0.4, 0.5) is 13.2 Å². The fourth-order valence-electron chi connectivity index (χ4n) is 3.53. The Kier molecular flexibility index (Phi) is 11.2. The van der Waals surface area contributed by atoms with E-state index in [0.717, 1.165) is 22.1 Å². The summed E-state index contributed by atoms with van der Waals surface area (Å²) in [5.41, 5.74) is 10.7. The van der Waals surface area contributed by atoms with E-state index in [4.69, 9.17) is 26.1 Å². The number of amides is 1. The summed E-state index contributed by atoms with van der Waals surface area (Å²) in [4.78, 5) is 49.9. The van der Waals surface area contributed by atoms with E-state index in [1.54, 1.807) is 19.4 Å². The number of hydrogen-bond donors (Lipinski definition) is 5. The quantitative estimate of drug-likeness (QED) is 0.135. The van der Waals surface area contributed by atoms with Crippen LogP contribution in [0.5, 0.6) is 5.75 Å². The third-order valence-corrected chi connectivity index (χ3v) is 5.52. The number of rotatable bonds is 10. The van der Waals surface area contributed by atoms with Crippen LogP contribution in [-0.4, -0.2) is 64.5 Å². The maximum absolute atomic E-state index is 12.9. The van der Waals surface area contributed by atoms with Crippen LogP contribution in [-0.2, 0) is 16.1 Å². The predicted octanol–water partition coefficient (Wildman–Crippen LogP) is 1.93. The lowest BCUT2D eigenvalue weighted by molar-refractivity contribution is -0.192. The third-order valence-electron chi connectivity index (χ3n) is 5.52. The van der Waals surface area contributed by atoms with Crippen molar-refractivity contribution in [1.82, 2.24) is 9.88 Å². The Morgan fingerprint density at radius 3 is 2.29 bits per heavy atom. The Morgan fingerprint density at radius 1 is 1.07 bits per heavy atom. The van der Waals surface area contributed by atoms with Crippen molar-refractivity contribution in [3.8, 4) is 5.75 Å². The highest BCUT2D eigenvalue weighted by Crippen LogP contribution is 2.22. The number of pyridine rings is 1. The number of carboxylic acids is 2. The molecule has 220 valence electrons. The number of carbonyl (C=O) groups is 3. The minimum absolute atomic E-state index is 0.0908. The zero-order chi connectivity index (χ0) is 30.7. The zero-order valence-electron chi connectivity index (χ0n) is 21.7. The van der Waals surface area contributed by atoms with E-state index in [1.807, 2.05) is 36.4 Å². The topological polar surface area (TPSA) is 199 Å². The molecule has 3 aromatic rings. The second kappa shape index (κ2) is 14.3. The molecule has 0 unspecified atom stereocenters. The summed E-state index contributed by atoms with van der Waals surface area (Å²) in [7, 11) is 1.61. The second-order valence-corrected chi connectivity index (χ2v) is 8.52. The molecule has 0 fully saturated rings. The third kappa shape index (κ3) is 9.87. The number of halogens is 3. The predicted molar refractivity (Wildman–Crippen MR) is 143 cm³/mol. The summed E-state index contributed by atoms with van der Waals surface area (Å²) in [6.07, 6.45) is -3.04. The number of benzene rings is 2. The van der Waals surface area contributed by atoms with Crippen molar-refractivity contribution in [3.63, 3.8) is 0 Å². The Hall–Kier alpha value is -5.08. The number of methoxy groups -OCH3 is 1. The average Bonchev–Trinajstić information content (AvgIpc) is 2.90. The minimum atomic E-state index is -5.08. The molecule has 2 aromatic carbocycles. The number of fused-ring (bicyclic) bond motifs is 1. The van der Waals surface area contributed by atoms with Crippen molar-refractivity contribution in [2.75, 3.05) is 13.7 Å². The van der Waals surface area contributed by atoms with Gasteiger partial charge in [0, 0.05) is 12.7 Å². The molecule has 3 rings (SSSR count). The molecule has 0 radical (unpaired) electrons. The van der Waals surface area contributed by atoms with E-state index in [9.17, 15) is 32.7 Å². The van der Waals surface area contributed by atoms with Crippen molar-refractivity contribution in [3.05, 3.63) is 76.2 Å². The molecule has 7 N–H and O–H groups in total. The fourth-order valence-corrected chi connectivity index (χ4v) is 3.53. The van der Waals surface area contributed by atoms with Gasteiger partial charge in [-0.3, -0.25) is 14.6 Å². The van der Waals surface area contributed by atoms with Crippen molar-refractivity contribution < 1.29 is 42.5 Å². The molecule has 41 heavy (non-hydrogen) atoms. The van der Waals surface area contributed by atoms with Gasteiger partial charge in [-0.25, -0.2) is 9.59 Å². The first-order chi connectivity index (χ1) is 19.2. The van der Waals surface area contributed by atoms with Crippen LogP contribution in [0.2, 0.25) is 0 Å². The lowest BCUT2D eigenvalue weighted by Gasteiger charge is -2.15. The minimum Gasteiger partial charge on any atom is -0.497 e. The zero-order valence-corrected chi connectivity index (χ0v) is 21.7. The van der Waals surface area contributed by atoms with Crippen LogP contribution in [0.3, 0.4) is 0 Å². The summed E-state index contributed by atoms with van der Waals surface area (Å²) in [5, 5.41) is 21.0. The Balaban J connectivity index is 0.000000745. The van der Waals surface area contributed by atoms with E-state index in [1.165, 1.54) is 10.6 Å². The molecule has 15 heteroatoms. The number of guanidine groups is 1. The second-order valence-electron chi connectivity index (χ2n) is 8.52. The molecule has 12 nitrogen and oxygen atoms in total. The molecule has 0 saturated heterocycles. The number of hydrogen-bond acceptors (Lipinski definition) is 6. The van der Waals surface area contributed by atoms with Crippen LogP contribution in [0.25, 0.3) is 10.8 Å². The number of carboxylic acid groups (broad SMARTS) is 2. The molecule has 0 aliphatic carbocycles. The number of alkyl halides is 3. The van der Waals surface area contributed by atoms with E-state index in [2.05, 4.69) is 10.3 Å². The van der Waals surface area contributed by atoms with Crippen LogP contribution in [0.1, 0.15) is 28.8 Å². The number of aliphatic carboxylic acids is 2. The normalized spacial score (nSPS) is 11.5. The number of aliphatic imine (C=N–C) groups is 1. The number of carbonyl (C=O) groups excluding carboxylic acids is 1. The number of ether oxygens (including phenoxy) is 1. The Morgan fingerprint density at radius 2 is 1.71 bits per heavy atom. The summed E-state index contributed by atoms with van der Waals surface area (Å²) < 4.78 is 38.4. The van der Waals surface area contributed by atoms with Crippen LogP contribution >= 0.6 is 0 Å². The first-order valence-electron chi connectivity index (χ1n) is 11.9. The smallest absolute Gasteiger partial charge is 0.490 e. The highest BCUT2D eigenvalue weighted by Gasteiger charge is 2.38. The molecule has 0 saturated carbocycles. The van der Waals surface area contributed by atoms with Gasteiger partial charge in [0.2, 0.25) is 0 Å². The van der Waals surface area contributed by atoms with Crippen LogP contribution in [0, 0.1) is 0 Å². The van der Waals surface area contributed by atoms with Gasteiger partial charge in [-0.1, -0.05) is 18.2 Å². The molecular weight excluding hydrogens is 551 g/mol. The summed E-state index contributed by atoms with van der Waals surface area (Å²) >= 11 is 0. The molecule has 1 aromatic heterocycles. The molecule has 0 aliphatic heterocycles. The monoisotopic (exact) mass is 579 g/mol. The molecule has 0 aliphatic rings. The summed E-state index contributed by atoms with van der Waals surface area (Å²) in [6.45, 7) is 0.488. The first kappa shape index (κ1) is 32.1. The van der Waals surface area contributed by atoms with Crippen LogP contribution < -0.4 is 27.1 Å². The van der Waals surface area contributed by atoms with Gasteiger partial charge in [-0.05, 0) is 59.5 Å². The van der Waals surface area contributed by atoms with Crippen molar-refractivity contribution >= 4 is 34.6 Å². The molecule has 1 atom stereocenters. The maximum atomic E-state index is 12.9. The lowest BCUT2D eigenvalue weighted by Crippen LogP contribution is -2.43. The first-order valence-corrected chi connectivity index (χ1v) is 11.9. The number of nitrogens with one attached hydrogen (secondary N) is 1. The molecular formula is C26H28F3N5O7. The van der Waals surface area contributed by atoms with Gasteiger partial charge < -0.3 is 36.3 Å². The maximum Gasteiger partial charge on any atom is 0.490 e. The number of nitrogens with zero attached hydrogens (tertiary/aromatic N) is 2. The average molecular weight is 580 g/mol. The molecule has 1 heterocycles. The van der Waals surface area contributed by atoms with Gasteiger partial charge in [0.25, 0.3) is 11.5 Å². The Bertz CT molecular complexity index is 1480. The van der Waals surface area contributed by atoms with Crippen molar-refractivity contribution in [2.45, 2.75) is 31.6 Å². The SMILES string of the molecule is COc1ccc2cc(Cn3cccc(C(=O)N[C@@H](CCCN=C(N)N)C(=O)O)c3=O)ccc2c1.O=C(O)C(F)(F)F. The van der Waals surface area contributed by atoms with Gasteiger partial charge in [-0.15, -0.1) is 0 Å². The standard InChI is InChI=1S/C24H27N5O5.C2HF3O2/c1-34-18-9-8-16-12-15(6-7-17(16)13-18)14-29-11-3-4-19(22(29)31)21(30)28-20(23(32)33)5-2-10-27-24(25)26;3-2(4,5)1(6)7/h3-4,6-9,11-13,20H,2,5,10,14H2,1H3,(H,28,30)(H,32,33)(H4,25,26,27);(H,6,7)/t20-;/m0./s1. The highest BCUT2D eigenvalue weighted by atomic mass is 19.4. The van der Waals surface area contributed by atoms with Gasteiger partial charge >= 0.3 is 18.1 Å². The Labute approximate surface area is 231 Å². The van der Waals surface area contributed by atoms with Crippen molar-refractivity contribution in [2.24, 2.45) is 16.5 Å². The van der Waals surface area contributed by atoms with Gasteiger partial charge in [0.15, 0.2) is 5.96 Å². The highest BCUT2D eigenvalue weighted by molar-refractivity contribution is 5.96. The summed E-state index contributed by atoms with van der Waals surface area (Å²) in [5.74, 6) is -4.05. The summed E-state index contributed by atoms with van der Waals surface area (Å²) in [6, 6.07) is 13.3. The van der Waals surface area contributed by atoms with E-state index in [0.29, 0.717) is 6.42 Å².